The molecule has 0 radical (unpaired) electrons. The van der Waals surface area contributed by atoms with Gasteiger partial charge in [0.2, 0.25) is 0 Å². The molecule has 2 unspecified atom stereocenters. The molecule has 0 aromatic carbocycles. The molecule has 0 saturated heterocycles. The predicted molar refractivity (Wildman–Crippen MR) is 74.7 cm³/mol. The molecule has 3 atom stereocenters. The van der Waals surface area contributed by atoms with E-state index in [1.807, 2.05) is 6.20 Å². The first kappa shape index (κ1) is 13.5. The van der Waals surface area contributed by atoms with Crippen LogP contribution >= 0.6 is 15.9 Å². The van der Waals surface area contributed by atoms with Gasteiger partial charge in [0.15, 0.2) is 0 Å². The zero-order valence-corrected chi connectivity index (χ0v) is 12.3. The molecule has 98 valence electrons. The van der Waals surface area contributed by atoms with Gasteiger partial charge in [0.1, 0.15) is 6.29 Å². The van der Waals surface area contributed by atoms with E-state index >= 15 is 0 Å². The van der Waals surface area contributed by atoms with Gasteiger partial charge in [-0.1, -0.05) is 6.92 Å². The van der Waals surface area contributed by atoms with Crippen LogP contribution in [0, 0.1) is 11.8 Å². The highest BCUT2D eigenvalue weighted by atomic mass is 79.9. The van der Waals surface area contributed by atoms with Crippen LogP contribution in [-0.2, 0) is 11.8 Å². The average Bonchev–Trinajstić information content (AvgIpc) is 2.29. The first-order valence-corrected chi connectivity index (χ1v) is 7.13. The second-order valence-corrected chi connectivity index (χ2v) is 6.15. The van der Waals surface area contributed by atoms with Gasteiger partial charge in [0, 0.05) is 29.7 Å². The summed E-state index contributed by atoms with van der Waals surface area (Å²) in [4.78, 5) is 22.5. The lowest BCUT2D eigenvalue weighted by atomic mass is 9.70. The van der Waals surface area contributed by atoms with Gasteiger partial charge < -0.3 is 9.36 Å². The Hall–Kier alpha value is -0.900. The van der Waals surface area contributed by atoms with Gasteiger partial charge in [-0.3, -0.25) is 4.79 Å². The second-order valence-electron chi connectivity index (χ2n) is 5.30. The average molecular weight is 312 g/mol. The number of halogens is 1. The van der Waals surface area contributed by atoms with Crippen LogP contribution in [0.25, 0.3) is 0 Å². The molecule has 0 amide bonds. The number of carbonyl (C=O) groups excluding carboxylic acids is 1. The second kappa shape index (κ2) is 5.39. The van der Waals surface area contributed by atoms with Gasteiger partial charge in [-0.2, -0.15) is 0 Å². The third-order valence-electron chi connectivity index (χ3n) is 4.05. The first-order valence-electron chi connectivity index (χ1n) is 6.34. The Morgan fingerprint density at radius 3 is 2.83 bits per heavy atom. The highest BCUT2D eigenvalue weighted by Crippen LogP contribution is 2.40. The smallest absolute Gasteiger partial charge is 0.250 e. The number of nitrogens with zero attached hydrogens (tertiary/aromatic N) is 1. The summed E-state index contributed by atoms with van der Waals surface area (Å²) in [7, 11) is 1.75. The molecule has 0 bridgehead atoms. The van der Waals surface area contributed by atoms with Gasteiger partial charge in [-0.05, 0) is 52.6 Å². The summed E-state index contributed by atoms with van der Waals surface area (Å²) in [6.45, 7) is 2.12. The Balaban J connectivity index is 2.14. The highest BCUT2D eigenvalue weighted by molar-refractivity contribution is 9.10. The summed E-state index contributed by atoms with van der Waals surface area (Å²) in [5, 5.41) is 0. The van der Waals surface area contributed by atoms with Gasteiger partial charge >= 0.3 is 0 Å². The van der Waals surface area contributed by atoms with Crippen LogP contribution in [0.4, 0.5) is 0 Å². The quantitative estimate of drug-likeness (QED) is 0.802. The van der Waals surface area contributed by atoms with E-state index in [-0.39, 0.29) is 11.5 Å². The molecule has 0 spiro atoms. The van der Waals surface area contributed by atoms with E-state index in [9.17, 15) is 9.59 Å². The van der Waals surface area contributed by atoms with E-state index in [0.29, 0.717) is 11.8 Å². The molecule has 18 heavy (non-hydrogen) atoms. The maximum absolute atomic E-state index is 11.7. The number of hydrogen-bond acceptors (Lipinski definition) is 2. The number of pyridine rings is 1. The van der Waals surface area contributed by atoms with Crippen LogP contribution in [0.3, 0.4) is 0 Å². The molecule has 2 rings (SSSR count). The first-order chi connectivity index (χ1) is 8.52. The molecule has 1 aliphatic carbocycles. The lowest BCUT2D eigenvalue weighted by molar-refractivity contribution is -0.115. The Labute approximate surface area is 115 Å². The zero-order chi connectivity index (χ0) is 13.3. The molecule has 1 heterocycles. The predicted octanol–water partition coefficient (Wildman–Crippen LogP) is 2.87. The summed E-state index contributed by atoms with van der Waals surface area (Å²) in [5.41, 5.74) is 1.07. The van der Waals surface area contributed by atoms with Crippen LogP contribution in [-0.4, -0.2) is 10.9 Å². The van der Waals surface area contributed by atoms with E-state index in [2.05, 4.69) is 22.9 Å². The Bertz CT molecular complexity index is 509. The van der Waals surface area contributed by atoms with Crippen LogP contribution in [0.2, 0.25) is 0 Å². The molecular formula is C14H18BrNO2. The number of aromatic nitrogens is 1. The summed E-state index contributed by atoms with van der Waals surface area (Å²) < 4.78 is 2.54. The van der Waals surface area contributed by atoms with Crippen molar-refractivity contribution in [2.24, 2.45) is 18.9 Å². The lowest BCUT2D eigenvalue weighted by Gasteiger charge is -2.34. The van der Waals surface area contributed by atoms with Crippen LogP contribution in [0.5, 0.6) is 0 Å². The molecule has 4 heteroatoms. The molecule has 1 aromatic rings. The number of hydrogen-bond donors (Lipinski definition) is 0. The number of aryl methyl sites for hydroxylation is 1. The van der Waals surface area contributed by atoms with Crippen molar-refractivity contribution >= 4 is 22.2 Å². The summed E-state index contributed by atoms with van der Waals surface area (Å²) in [6.07, 6.45) is 6.04. The monoisotopic (exact) mass is 311 g/mol. The van der Waals surface area contributed by atoms with Gasteiger partial charge in [0.25, 0.3) is 5.56 Å². The Morgan fingerprint density at radius 1 is 1.56 bits per heavy atom. The van der Waals surface area contributed by atoms with Gasteiger partial charge in [-0.25, -0.2) is 0 Å². The fourth-order valence-corrected chi connectivity index (χ4v) is 3.45. The third-order valence-corrected chi connectivity index (χ3v) is 4.71. The van der Waals surface area contributed by atoms with Crippen molar-refractivity contribution in [3.05, 3.63) is 32.7 Å². The van der Waals surface area contributed by atoms with E-state index in [0.717, 1.165) is 35.6 Å². The zero-order valence-electron chi connectivity index (χ0n) is 10.7. The Kier molecular flexibility index (Phi) is 4.05. The van der Waals surface area contributed by atoms with Crippen molar-refractivity contribution < 1.29 is 4.79 Å². The number of aldehydes is 1. The van der Waals surface area contributed by atoms with Crippen molar-refractivity contribution in [1.82, 2.24) is 4.57 Å². The molecule has 1 fully saturated rings. The van der Waals surface area contributed by atoms with Gasteiger partial charge in [0.05, 0.1) is 0 Å². The van der Waals surface area contributed by atoms with Crippen molar-refractivity contribution in [1.29, 1.82) is 0 Å². The topological polar surface area (TPSA) is 39.1 Å². The standard InChI is InChI=1S/C14H18BrNO2/c1-9(5-10-3-4-11(10)8-17)12-6-14(18)16(2)7-13(12)15/h6-11H,3-5H2,1-2H3/t9-,10?,11?/m1/s1. The number of carbonyl (C=O) groups is 1. The van der Waals surface area contributed by atoms with E-state index in [1.54, 1.807) is 17.7 Å². The highest BCUT2D eigenvalue weighted by Gasteiger charge is 2.31. The third kappa shape index (κ3) is 2.58. The van der Waals surface area contributed by atoms with Crippen LogP contribution in [0.1, 0.15) is 37.7 Å². The maximum Gasteiger partial charge on any atom is 0.250 e. The number of rotatable bonds is 4. The molecule has 3 nitrogen and oxygen atoms in total. The SMILES string of the molecule is C[C@H](CC1CCC1C=O)c1cc(=O)n(C)cc1Br. The normalized spacial score (nSPS) is 24.4. The lowest BCUT2D eigenvalue weighted by Crippen LogP contribution is -2.28. The van der Waals surface area contributed by atoms with E-state index in [1.165, 1.54) is 0 Å². The summed E-state index contributed by atoms with van der Waals surface area (Å²) >= 11 is 3.51. The maximum atomic E-state index is 11.7. The minimum Gasteiger partial charge on any atom is -0.317 e. The van der Waals surface area contributed by atoms with E-state index in [4.69, 9.17) is 0 Å². The van der Waals surface area contributed by atoms with Crippen molar-refractivity contribution in [2.75, 3.05) is 0 Å². The molecule has 0 N–H and O–H groups in total. The molecule has 1 saturated carbocycles. The molecule has 1 aliphatic rings. The van der Waals surface area contributed by atoms with Gasteiger partial charge in [-0.15, -0.1) is 0 Å². The summed E-state index contributed by atoms with van der Waals surface area (Å²) in [5.74, 6) is 1.03. The Morgan fingerprint density at radius 2 is 2.28 bits per heavy atom. The van der Waals surface area contributed by atoms with Crippen LogP contribution in [0.15, 0.2) is 21.5 Å². The van der Waals surface area contributed by atoms with Crippen molar-refractivity contribution in [2.45, 2.75) is 32.1 Å². The molecule has 0 aliphatic heterocycles. The summed E-state index contributed by atoms with van der Waals surface area (Å²) in [6, 6.07) is 1.70. The fourth-order valence-electron chi connectivity index (χ4n) is 2.64. The fraction of sp³-hybridized carbons (Fsp3) is 0.571. The minimum atomic E-state index is 0.0144. The largest absolute Gasteiger partial charge is 0.317 e. The molecule has 1 aromatic heterocycles. The van der Waals surface area contributed by atoms with Crippen molar-refractivity contribution in [3.8, 4) is 0 Å². The minimum absolute atomic E-state index is 0.0144. The van der Waals surface area contributed by atoms with Crippen LogP contribution < -0.4 is 5.56 Å². The van der Waals surface area contributed by atoms with Crippen molar-refractivity contribution in [3.63, 3.8) is 0 Å². The molecular weight excluding hydrogens is 294 g/mol. The van der Waals surface area contributed by atoms with E-state index < -0.39 is 0 Å².